The van der Waals surface area contributed by atoms with Crippen molar-refractivity contribution in [2.45, 2.75) is 25.2 Å². The van der Waals surface area contributed by atoms with Gasteiger partial charge in [-0.3, -0.25) is 4.98 Å². The molecular weight excluding hydrogens is 226 g/mol. The minimum Gasteiger partial charge on any atom is -0.367 e. The van der Waals surface area contributed by atoms with E-state index in [1.165, 1.54) is 19.3 Å². The highest BCUT2D eigenvalue weighted by Gasteiger charge is 2.47. The zero-order valence-electron chi connectivity index (χ0n) is 10.0. The molecule has 2 N–H and O–H groups in total. The molecule has 92 valence electrons. The second-order valence-corrected chi connectivity index (χ2v) is 5.47. The molecule has 4 nitrogen and oxygen atoms in total. The lowest BCUT2D eigenvalue weighted by molar-refractivity contribution is 0.416. The molecule has 2 aliphatic carbocycles. The van der Waals surface area contributed by atoms with Crippen LogP contribution in [0.1, 0.15) is 30.9 Å². The van der Waals surface area contributed by atoms with Crippen molar-refractivity contribution in [1.82, 2.24) is 10.1 Å². The smallest absolute Gasteiger partial charge is 0.230 e. The second-order valence-electron chi connectivity index (χ2n) is 5.47. The standard InChI is InChI=1S/C14H15N3O/c15-14-12(8-1-3-16-4-2-8)13(17-18-14)11-6-9-5-10(9)7-11/h1-4,9-11H,5-7,15H2. The number of pyridine rings is 1. The first-order chi connectivity index (χ1) is 8.83. The average molecular weight is 241 g/mol. The molecule has 18 heavy (non-hydrogen) atoms. The van der Waals surface area contributed by atoms with Crippen LogP contribution in [-0.4, -0.2) is 10.1 Å². The number of rotatable bonds is 2. The van der Waals surface area contributed by atoms with Crippen molar-refractivity contribution in [2.75, 3.05) is 5.73 Å². The highest BCUT2D eigenvalue weighted by atomic mass is 16.5. The molecule has 0 bridgehead atoms. The van der Waals surface area contributed by atoms with Crippen LogP contribution in [0.4, 0.5) is 5.88 Å². The van der Waals surface area contributed by atoms with Gasteiger partial charge in [-0.05, 0) is 48.8 Å². The highest BCUT2D eigenvalue weighted by molar-refractivity contribution is 5.75. The Morgan fingerprint density at radius 2 is 1.83 bits per heavy atom. The first kappa shape index (κ1) is 10.1. The van der Waals surface area contributed by atoms with Gasteiger partial charge in [0.25, 0.3) is 0 Å². The van der Waals surface area contributed by atoms with Crippen molar-refractivity contribution in [2.24, 2.45) is 11.8 Å². The molecule has 0 saturated heterocycles. The van der Waals surface area contributed by atoms with Crippen LogP contribution < -0.4 is 5.73 Å². The topological polar surface area (TPSA) is 64.9 Å². The predicted octanol–water partition coefficient (Wildman–Crippen LogP) is 2.83. The molecule has 0 radical (unpaired) electrons. The van der Waals surface area contributed by atoms with Gasteiger partial charge in [-0.15, -0.1) is 0 Å². The predicted molar refractivity (Wildman–Crippen MR) is 67.7 cm³/mol. The van der Waals surface area contributed by atoms with Gasteiger partial charge in [0.1, 0.15) is 0 Å². The molecule has 0 spiro atoms. The van der Waals surface area contributed by atoms with E-state index in [0.29, 0.717) is 11.8 Å². The normalized spacial score (nSPS) is 29.2. The zero-order chi connectivity index (χ0) is 12.1. The Kier molecular flexibility index (Phi) is 2.01. The summed E-state index contributed by atoms with van der Waals surface area (Å²) < 4.78 is 5.22. The summed E-state index contributed by atoms with van der Waals surface area (Å²) in [6, 6.07) is 3.92. The molecule has 2 aromatic rings. The van der Waals surface area contributed by atoms with Gasteiger partial charge in [0.05, 0.1) is 11.3 Å². The second kappa shape index (κ2) is 3.57. The van der Waals surface area contributed by atoms with E-state index in [1.54, 1.807) is 12.4 Å². The van der Waals surface area contributed by atoms with Gasteiger partial charge in [0, 0.05) is 18.3 Å². The lowest BCUT2D eigenvalue weighted by Crippen LogP contribution is -1.99. The Morgan fingerprint density at radius 1 is 1.11 bits per heavy atom. The van der Waals surface area contributed by atoms with E-state index < -0.39 is 0 Å². The first-order valence-electron chi connectivity index (χ1n) is 6.48. The molecule has 0 aliphatic heterocycles. The summed E-state index contributed by atoms with van der Waals surface area (Å²) in [4.78, 5) is 4.04. The molecular formula is C14H15N3O. The maximum absolute atomic E-state index is 5.94. The summed E-state index contributed by atoms with van der Waals surface area (Å²) in [6.07, 6.45) is 7.45. The summed E-state index contributed by atoms with van der Waals surface area (Å²) in [5, 5.41) is 4.21. The molecule has 2 atom stereocenters. The van der Waals surface area contributed by atoms with Crippen LogP contribution in [-0.2, 0) is 0 Å². The number of hydrogen-bond donors (Lipinski definition) is 1. The Balaban J connectivity index is 1.76. The monoisotopic (exact) mass is 241 g/mol. The van der Waals surface area contributed by atoms with Gasteiger partial charge < -0.3 is 10.3 Å². The number of anilines is 1. The maximum Gasteiger partial charge on any atom is 0.230 e. The molecule has 2 aromatic heterocycles. The van der Waals surface area contributed by atoms with Crippen molar-refractivity contribution in [3.8, 4) is 11.1 Å². The summed E-state index contributed by atoms with van der Waals surface area (Å²) in [5.41, 5.74) is 9.02. The van der Waals surface area contributed by atoms with Crippen LogP contribution in [0.5, 0.6) is 0 Å². The number of aromatic nitrogens is 2. The first-order valence-corrected chi connectivity index (χ1v) is 6.48. The minimum absolute atomic E-state index is 0.428. The number of fused-ring (bicyclic) bond motifs is 1. The summed E-state index contributed by atoms with van der Waals surface area (Å²) in [5.74, 6) is 2.81. The van der Waals surface area contributed by atoms with Gasteiger partial charge in [-0.1, -0.05) is 5.16 Å². The molecule has 2 unspecified atom stereocenters. The quantitative estimate of drug-likeness (QED) is 0.878. The van der Waals surface area contributed by atoms with Crippen molar-refractivity contribution in [3.63, 3.8) is 0 Å². The van der Waals surface area contributed by atoms with Gasteiger partial charge in [-0.2, -0.15) is 0 Å². The molecule has 4 heteroatoms. The van der Waals surface area contributed by atoms with E-state index >= 15 is 0 Å². The third-order valence-corrected chi connectivity index (χ3v) is 4.34. The van der Waals surface area contributed by atoms with E-state index in [-0.39, 0.29) is 0 Å². The van der Waals surface area contributed by atoms with Gasteiger partial charge in [-0.25, -0.2) is 0 Å². The minimum atomic E-state index is 0.428. The van der Waals surface area contributed by atoms with E-state index in [9.17, 15) is 0 Å². The largest absolute Gasteiger partial charge is 0.367 e. The van der Waals surface area contributed by atoms with Crippen LogP contribution >= 0.6 is 0 Å². The summed E-state index contributed by atoms with van der Waals surface area (Å²) in [7, 11) is 0. The Labute approximate surface area is 105 Å². The van der Waals surface area contributed by atoms with E-state index in [4.69, 9.17) is 10.3 Å². The summed E-state index contributed by atoms with van der Waals surface area (Å²) in [6.45, 7) is 0. The van der Waals surface area contributed by atoms with Crippen LogP contribution in [0.3, 0.4) is 0 Å². The third-order valence-electron chi connectivity index (χ3n) is 4.34. The molecule has 2 fully saturated rings. The van der Waals surface area contributed by atoms with E-state index in [2.05, 4.69) is 10.1 Å². The van der Waals surface area contributed by atoms with Gasteiger partial charge in [0.15, 0.2) is 0 Å². The average Bonchev–Trinajstić information content (AvgIpc) is 2.85. The van der Waals surface area contributed by atoms with E-state index in [1.807, 2.05) is 12.1 Å². The SMILES string of the molecule is Nc1onc(C2CC3CC3C2)c1-c1ccncc1. The lowest BCUT2D eigenvalue weighted by atomic mass is 9.93. The fraction of sp³-hybridized carbons (Fsp3) is 0.429. The van der Waals surface area contributed by atoms with Crippen LogP contribution in [0, 0.1) is 11.8 Å². The van der Waals surface area contributed by atoms with Crippen molar-refractivity contribution in [3.05, 3.63) is 30.2 Å². The van der Waals surface area contributed by atoms with Gasteiger partial charge in [0.2, 0.25) is 5.88 Å². The van der Waals surface area contributed by atoms with Crippen LogP contribution in [0.2, 0.25) is 0 Å². The van der Waals surface area contributed by atoms with Crippen molar-refractivity contribution in [1.29, 1.82) is 0 Å². The molecule has 0 amide bonds. The summed E-state index contributed by atoms with van der Waals surface area (Å²) >= 11 is 0. The number of nitrogens with zero attached hydrogens (tertiary/aromatic N) is 2. The highest BCUT2D eigenvalue weighted by Crippen LogP contribution is 2.58. The third kappa shape index (κ3) is 1.45. The Hall–Kier alpha value is -1.84. The van der Waals surface area contributed by atoms with Crippen molar-refractivity contribution >= 4 is 5.88 Å². The number of nitrogens with two attached hydrogens (primary N) is 1. The van der Waals surface area contributed by atoms with Crippen molar-refractivity contribution < 1.29 is 4.52 Å². The fourth-order valence-electron chi connectivity index (χ4n) is 3.34. The van der Waals surface area contributed by atoms with Crippen LogP contribution in [0.25, 0.3) is 11.1 Å². The molecule has 2 heterocycles. The lowest BCUT2D eigenvalue weighted by Gasteiger charge is -2.10. The molecule has 4 rings (SSSR count). The zero-order valence-corrected chi connectivity index (χ0v) is 10.0. The van der Waals surface area contributed by atoms with E-state index in [0.717, 1.165) is 28.7 Å². The fourth-order valence-corrected chi connectivity index (χ4v) is 3.34. The number of nitrogen functional groups attached to an aromatic ring is 1. The van der Waals surface area contributed by atoms with Gasteiger partial charge >= 0.3 is 0 Å². The molecule has 2 saturated carbocycles. The number of hydrogen-bond acceptors (Lipinski definition) is 4. The Morgan fingerprint density at radius 3 is 2.56 bits per heavy atom. The molecule has 2 aliphatic rings. The Bertz CT molecular complexity index is 568. The molecule has 0 aromatic carbocycles. The maximum atomic E-state index is 5.94. The van der Waals surface area contributed by atoms with Crippen LogP contribution in [0.15, 0.2) is 29.0 Å².